The molecule has 0 amide bonds. The molecule has 2 nitrogen and oxygen atoms in total. The zero-order chi connectivity index (χ0) is 30.4. The molecule has 0 bridgehead atoms. The summed E-state index contributed by atoms with van der Waals surface area (Å²) >= 11 is 0. The third-order valence-corrected chi connectivity index (χ3v) is 8.90. The minimum absolute atomic E-state index is 0.0259. The Hall–Kier alpha value is -0.790. The molecule has 0 atom stereocenters. The van der Waals surface area contributed by atoms with Crippen LogP contribution in [-0.2, 0) is 9.53 Å². The van der Waals surface area contributed by atoms with E-state index >= 15 is 0 Å². The van der Waals surface area contributed by atoms with Gasteiger partial charge in [0.2, 0.25) is 0 Å². The summed E-state index contributed by atoms with van der Waals surface area (Å²) < 4.78 is 5.45. The first kappa shape index (κ1) is 41.2. The minimum atomic E-state index is 0.0259. The van der Waals surface area contributed by atoms with E-state index in [-0.39, 0.29) is 5.97 Å². The molecule has 0 aromatic carbocycles. The topological polar surface area (TPSA) is 26.3 Å². The molecule has 0 saturated heterocycles. The highest BCUT2D eigenvalue weighted by molar-refractivity contribution is 5.69. The van der Waals surface area contributed by atoms with E-state index in [2.05, 4.69) is 26.0 Å². The largest absolute Gasteiger partial charge is 0.466 e. The lowest BCUT2D eigenvalue weighted by molar-refractivity contribution is -0.143. The molecule has 0 radical (unpaired) electrons. The van der Waals surface area contributed by atoms with Gasteiger partial charge in [0, 0.05) is 6.42 Å². The average molecular weight is 591 g/mol. The van der Waals surface area contributed by atoms with Gasteiger partial charge in [-0.3, -0.25) is 4.79 Å². The predicted octanol–water partition coefficient (Wildman–Crippen LogP) is 14.4. The zero-order valence-electron chi connectivity index (χ0n) is 29.2. The van der Waals surface area contributed by atoms with Crippen LogP contribution in [0.25, 0.3) is 0 Å². The molecule has 0 fully saturated rings. The number of carbonyl (C=O) groups excluding carboxylic acids is 1. The van der Waals surface area contributed by atoms with Crippen molar-refractivity contribution >= 4 is 5.97 Å². The van der Waals surface area contributed by atoms with E-state index in [4.69, 9.17) is 4.74 Å². The van der Waals surface area contributed by atoms with E-state index in [1.54, 1.807) is 0 Å². The predicted molar refractivity (Wildman–Crippen MR) is 188 cm³/mol. The van der Waals surface area contributed by atoms with Crippen molar-refractivity contribution < 1.29 is 9.53 Å². The number of carbonyl (C=O) groups is 1. The molecule has 0 unspecified atom stereocenters. The molecule has 0 aliphatic carbocycles. The molecule has 42 heavy (non-hydrogen) atoms. The molecule has 0 spiro atoms. The summed E-state index contributed by atoms with van der Waals surface area (Å²) in [6.07, 6.45) is 50.0. The SMILES string of the molecule is CCCCCCCCC=CCCCCCCCCCCCCOC(=O)CCCCCCCCCCCCCCCCC. The summed E-state index contributed by atoms with van der Waals surface area (Å²) in [6, 6.07) is 0. The standard InChI is InChI=1S/C40H78O2/c1-3-5-7-9-11-13-15-17-19-20-21-22-23-25-27-29-31-33-35-37-39-42-40(41)38-36-34-32-30-28-26-24-18-16-14-12-10-8-6-4-2/h17,19H,3-16,18,20-39H2,1-2H3. The van der Waals surface area contributed by atoms with Crippen LogP contribution in [0.3, 0.4) is 0 Å². The molecule has 250 valence electrons. The molecular formula is C40H78O2. The Morgan fingerprint density at radius 2 is 0.667 bits per heavy atom. The maximum atomic E-state index is 12.0. The van der Waals surface area contributed by atoms with Crippen molar-refractivity contribution in [1.29, 1.82) is 0 Å². The first-order valence-electron chi connectivity index (χ1n) is 19.6. The lowest BCUT2D eigenvalue weighted by atomic mass is 10.0. The fraction of sp³-hybridized carbons (Fsp3) is 0.925. The van der Waals surface area contributed by atoms with Crippen LogP contribution in [0.2, 0.25) is 0 Å². The average Bonchev–Trinajstić information content (AvgIpc) is 3.00. The maximum absolute atomic E-state index is 12.0. The lowest BCUT2D eigenvalue weighted by Gasteiger charge is -2.06. The molecule has 0 aliphatic heterocycles. The van der Waals surface area contributed by atoms with Gasteiger partial charge in [0.15, 0.2) is 0 Å². The highest BCUT2D eigenvalue weighted by Crippen LogP contribution is 2.15. The van der Waals surface area contributed by atoms with E-state index in [0.29, 0.717) is 13.0 Å². The lowest BCUT2D eigenvalue weighted by Crippen LogP contribution is -2.05. The number of hydrogen-bond acceptors (Lipinski definition) is 2. The minimum Gasteiger partial charge on any atom is -0.466 e. The van der Waals surface area contributed by atoms with Crippen LogP contribution in [0.15, 0.2) is 12.2 Å². The molecular weight excluding hydrogens is 512 g/mol. The van der Waals surface area contributed by atoms with Crippen LogP contribution >= 0.6 is 0 Å². The summed E-state index contributed by atoms with van der Waals surface area (Å²) in [7, 11) is 0. The Labute approximate surface area is 266 Å². The van der Waals surface area contributed by atoms with Crippen molar-refractivity contribution in [2.75, 3.05) is 6.61 Å². The van der Waals surface area contributed by atoms with Crippen molar-refractivity contribution in [2.24, 2.45) is 0 Å². The fourth-order valence-corrected chi connectivity index (χ4v) is 5.96. The van der Waals surface area contributed by atoms with Crippen molar-refractivity contribution in [3.8, 4) is 0 Å². The van der Waals surface area contributed by atoms with E-state index in [9.17, 15) is 4.79 Å². The van der Waals surface area contributed by atoms with Gasteiger partial charge in [-0.1, -0.05) is 199 Å². The zero-order valence-corrected chi connectivity index (χ0v) is 29.2. The Morgan fingerprint density at radius 1 is 0.381 bits per heavy atom. The van der Waals surface area contributed by atoms with Gasteiger partial charge in [0.05, 0.1) is 6.61 Å². The summed E-state index contributed by atoms with van der Waals surface area (Å²) in [6.45, 7) is 5.21. The van der Waals surface area contributed by atoms with Crippen LogP contribution in [0.5, 0.6) is 0 Å². The maximum Gasteiger partial charge on any atom is 0.305 e. The van der Waals surface area contributed by atoms with Crippen LogP contribution in [0, 0.1) is 0 Å². The molecule has 0 aromatic heterocycles. The van der Waals surface area contributed by atoms with E-state index < -0.39 is 0 Å². The number of unbranched alkanes of at least 4 members (excludes halogenated alkanes) is 30. The number of allylic oxidation sites excluding steroid dienone is 2. The van der Waals surface area contributed by atoms with E-state index in [1.165, 1.54) is 199 Å². The third-order valence-electron chi connectivity index (χ3n) is 8.90. The van der Waals surface area contributed by atoms with Gasteiger partial charge in [0.1, 0.15) is 0 Å². The summed E-state index contributed by atoms with van der Waals surface area (Å²) in [5, 5.41) is 0. The highest BCUT2D eigenvalue weighted by atomic mass is 16.5. The first-order valence-corrected chi connectivity index (χ1v) is 19.6. The third kappa shape index (κ3) is 37.2. The molecule has 0 aromatic rings. The quantitative estimate of drug-likeness (QED) is 0.0412. The summed E-state index contributed by atoms with van der Waals surface area (Å²) in [4.78, 5) is 12.0. The Morgan fingerprint density at radius 3 is 1.02 bits per heavy atom. The van der Waals surface area contributed by atoms with E-state index in [0.717, 1.165) is 12.8 Å². The highest BCUT2D eigenvalue weighted by Gasteiger charge is 2.03. The smallest absolute Gasteiger partial charge is 0.305 e. The Kier molecular flexibility index (Phi) is 37.5. The molecule has 0 aliphatic rings. The van der Waals surface area contributed by atoms with Gasteiger partial charge in [0.25, 0.3) is 0 Å². The van der Waals surface area contributed by atoms with Gasteiger partial charge >= 0.3 is 5.97 Å². The Balaban J connectivity index is 3.17. The van der Waals surface area contributed by atoms with Crippen LogP contribution in [0.1, 0.15) is 232 Å². The van der Waals surface area contributed by atoms with Crippen molar-refractivity contribution in [2.45, 2.75) is 232 Å². The second kappa shape index (κ2) is 38.2. The molecule has 0 heterocycles. The van der Waals surface area contributed by atoms with Gasteiger partial charge in [-0.2, -0.15) is 0 Å². The Bertz CT molecular complexity index is 526. The van der Waals surface area contributed by atoms with Gasteiger partial charge in [-0.25, -0.2) is 0 Å². The fourth-order valence-electron chi connectivity index (χ4n) is 5.96. The van der Waals surface area contributed by atoms with E-state index in [1.807, 2.05) is 0 Å². The number of hydrogen-bond donors (Lipinski definition) is 0. The normalized spacial score (nSPS) is 11.6. The van der Waals surface area contributed by atoms with Crippen molar-refractivity contribution in [1.82, 2.24) is 0 Å². The second-order valence-electron chi connectivity index (χ2n) is 13.3. The van der Waals surface area contributed by atoms with Gasteiger partial charge in [-0.05, 0) is 38.5 Å². The monoisotopic (exact) mass is 591 g/mol. The van der Waals surface area contributed by atoms with Crippen LogP contribution < -0.4 is 0 Å². The first-order chi connectivity index (χ1) is 20.8. The molecule has 0 saturated carbocycles. The number of rotatable bonds is 36. The molecule has 0 N–H and O–H groups in total. The molecule has 0 rings (SSSR count). The van der Waals surface area contributed by atoms with Crippen LogP contribution in [0.4, 0.5) is 0 Å². The van der Waals surface area contributed by atoms with Gasteiger partial charge < -0.3 is 4.74 Å². The molecule has 2 heteroatoms. The summed E-state index contributed by atoms with van der Waals surface area (Å²) in [5.74, 6) is 0.0259. The van der Waals surface area contributed by atoms with Crippen molar-refractivity contribution in [3.05, 3.63) is 12.2 Å². The van der Waals surface area contributed by atoms with Gasteiger partial charge in [-0.15, -0.1) is 0 Å². The van der Waals surface area contributed by atoms with Crippen LogP contribution in [-0.4, -0.2) is 12.6 Å². The summed E-state index contributed by atoms with van der Waals surface area (Å²) in [5.41, 5.74) is 0. The second-order valence-corrected chi connectivity index (χ2v) is 13.3. The number of esters is 1. The number of ether oxygens (including phenoxy) is 1. The van der Waals surface area contributed by atoms with Crippen molar-refractivity contribution in [3.63, 3.8) is 0 Å².